The van der Waals surface area contributed by atoms with Crippen molar-refractivity contribution in [2.45, 2.75) is 20.4 Å². The van der Waals surface area contributed by atoms with Gasteiger partial charge in [-0.25, -0.2) is 9.78 Å². The molecule has 3 aromatic carbocycles. The van der Waals surface area contributed by atoms with Gasteiger partial charge < -0.3 is 19.5 Å². The fourth-order valence-corrected chi connectivity index (χ4v) is 5.47. The third-order valence-electron chi connectivity index (χ3n) is 7.36. The second-order valence-electron chi connectivity index (χ2n) is 9.91. The Balaban J connectivity index is 1.25. The first-order chi connectivity index (χ1) is 18.7. The number of halogens is 1. The van der Waals surface area contributed by atoms with E-state index < -0.39 is 5.97 Å². The Morgan fingerprint density at radius 1 is 1.00 bits per heavy atom. The molecular weight excluding hydrogens is 514 g/mol. The minimum Gasteiger partial charge on any atom is -0.478 e. The maximum atomic E-state index is 13.4. The summed E-state index contributed by atoms with van der Waals surface area (Å²) in [7, 11) is 1.91. The number of carboxylic acids is 1. The maximum absolute atomic E-state index is 13.4. The highest BCUT2D eigenvalue weighted by molar-refractivity contribution is 6.33. The Morgan fingerprint density at radius 2 is 1.77 bits per heavy atom. The molecule has 0 radical (unpaired) electrons. The van der Waals surface area contributed by atoms with Crippen LogP contribution in [0, 0.1) is 6.92 Å². The molecule has 2 heterocycles. The predicted molar refractivity (Wildman–Crippen MR) is 154 cm³/mol. The number of piperazine rings is 1. The SMILES string of the molecule is CCN(c1cccc(C(=O)N2CCN(Cc3nc4ccc(C(=O)O)cc4n3C)CC2)c1)c1ccc(C)cc1Cl. The van der Waals surface area contributed by atoms with E-state index in [1.165, 1.54) is 0 Å². The molecule has 1 fully saturated rings. The first-order valence-electron chi connectivity index (χ1n) is 13.1. The Labute approximate surface area is 233 Å². The van der Waals surface area contributed by atoms with Gasteiger partial charge in [0, 0.05) is 51.0 Å². The molecule has 0 unspecified atom stereocenters. The molecule has 0 aliphatic carbocycles. The number of fused-ring (bicyclic) bond motifs is 1. The molecule has 202 valence electrons. The lowest BCUT2D eigenvalue weighted by Gasteiger charge is -2.34. The predicted octanol–water partition coefficient (Wildman–Crippen LogP) is 5.35. The van der Waals surface area contributed by atoms with E-state index in [9.17, 15) is 14.7 Å². The third-order valence-corrected chi connectivity index (χ3v) is 7.66. The molecule has 1 aromatic heterocycles. The highest BCUT2D eigenvalue weighted by atomic mass is 35.5. The number of carboxylic acid groups (broad SMARTS) is 1. The van der Waals surface area contributed by atoms with Crippen molar-refractivity contribution in [1.29, 1.82) is 0 Å². The summed E-state index contributed by atoms with van der Waals surface area (Å²) < 4.78 is 1.95. The molecule has 0 bridgehead atoms. The van der Waals surface area contributed by atoms with Crippen LogP contribution in [0.2, 0.25) is 5.02 Å². The number of aromatic carboxylic acids is 1. The van der Waals surface area contributed by atoms with Crippen molar-refractivity contribution >= 4 is 45.9 Å². The van der Waals surface area contributed by atoms with E-state index >= 15 is 0 Å². The number of hydrogen-bond acceptors (Lipinski definition) is 5. The zero-order chi connectivity index (χ0) is 27.7. The minimum atomic E-state index is -0.952. The number of nitrogens with zero attached hydrogens (tertiary/aromatic N) is 5. The van der Waals surface area contributed by atoms with Gasteiger partial charge in [0.05, 0.1) is 33.9 Å². The van der Waals surface area contributed by atoms with Crippen molar-refractivity contribution in [3.8, 4) is 0 Å². The molecule has 39 heavy (non-hydrogen) atoms. The minimum absolute atomic E-state index is 0.0199. The maximum Gasteiger partial charge on any atom is 0.335 e. The Bertz CT molecular complexity index is 1540. The molecule has 4 aromatic rings. The molecule has 1 aliphatic heterocycles. The Hall–Kier alpha value is -3.88. The molecule has 1 aliphatic rings. The van der Waals surface area contributed by atoms with Crippen LogP contribution in [0.1, 0.15) is 39.0 Å². The number of hydrogen-bond donors (Lipinski definition) is 1. The van der Waals surface area contributed by atoms with Gasteiger partial charge in [0.2, 0.25) is 0 Å². The van der Waals surface area contributed by atoms with Crippen LogP contribution in [0.5, 0.6) is 0 Å². The van der Waals surface area contributed by atoms with Crippen LogP contribution in [0.3, 0.4) is 0 Å². The van der Waals surface area contributed by atoms with Gasteiger partial charge in [0.25, 0.3) is 5.91 Å². The number of carbonyl (C=O) groups is 2. The van der Waals surface area contributed by atoms with Crippen LogP contribution in [-0.4, -0.2) is 69.1 Å². The Kier molecular flexibility index (Phi) is 7.59. The van der Waals surface area contributed by atoms with Crippen molar-refractivity contribution in [2.75, 3.05) is 37.6 Å². The summed E-state index contributed by atoms with van der Waals surface area (Å²) in [6, 6.07) is 18.7. The number of anilines is 2. The van der Waals surface area contributed by atoms with Gasteiger partial charge in [0.1, 0.15) is 5.82 Å². The number of carbonyl (C=O) groups excluding carboxylic acids is 1. The standard InChI is InChI=1S/C30H32ClN5O3/c1-4-36(26-11-8-20(2)16-24(26)31)23-7-5-6-21(17-23)29(37)35-14-12-34(13-15-35)19-28-32-25-10-9-22(30(38)39)18-27(25)33(28)3/h5-11,16-18H,4,12-15,19H2,1-3H3,(H,38,39). The van der Waals surface area contributed by atoms with Crippen molar-refractivity contribution in [2.24, 2.45) is 7.05 Å². The summed E-state index contributed by atoms with van der Waals surface area (Å²) in [4.78, 5) is 35.8. The van der Waals surface area contributed by atoms with E-state index in [1.807, 2.05) is 65.9 Å². The van der Waals surface area contributed by atoms with Crippen LogP contribution in [-0.2, 0) is 13.6 Å². The summed E-state index contributed by atoms with van der Waals surface area (Å²) in [6.07, 6.45) is 0. The summed E-state index contributed by atoms with van der Waals surface area (Å²) in [5.74, 6) is -0.0618. The summed E-state index contributed by atoms with van der Waals surface area (Å²) in [6.45, 7) is 8.14. The Morgan fingerprint density at radius 3 is 2.46 bits per heavy atom. The molecule has 5 rings (SSSR count). The van der Waals surface area contributed by atoms with Gasteiger partial charge in [-0.2, -0.15) is 0 Å². The summed E-state index contributed by atoms with van der Waals surface area (Å²) in [5, 5.41) is 9.99. The van der Waals surface area contributed by atoms with E-state index in [0.29, 0.717) is 30.2 Å². The zero-order valence-electron chi connectivity index (χ0n) is 22.4. The molecule has 1 amide bonds. The molecule has 8 nitrogen and oxygen atoms in total. The quantitative estimate of drug-likeness (QED) is 0.337. The highest BCUT2D eigenvalue weighted by Crippen LogP contribution is 2.33. The van der Waals surface area contributed by atoms with Crippen LogP contribution >= 0.6 is 11.6 Å². The van der Waals surface area contributed by atoms with Crippen LogP contribution in [0.15, 0.2) is 60.7 Å². The average molecular weight is 546 g/mol. The van der Waals surface area contributed by atoms with Crippen molar-refractivity contribution in [1.82, 2.24) is 19.4 Å². The summed E-state index contributed by atoms with van der Waals surface area (Å²) >= 11 is 6.55. The highest BCUT2D eigenvalue weighted by Gasteiger charge is 2.24. The van der Waals surface area contributed by atoms with Crippen molar-refractivity contribution in [3.05, 3.63) is 88.2 Å². The lowest BCUT2D eigenvalue weighted by atomic mass is 10.1. The van der Waals surface area contributed by atoms with Gasteiger partial charge in [0.15, 0.2) is 0 Å². The third kappa shape index (κ3) is 5.48. The number of imidazole rings is 1. The number of aromatic nitrogens is 2. The zero-order valence-corrected chi connectivity index (χ0v) is 23.1. The van der Waals surface area contributed by atoms with Crippen LogP contribution in [0.4, 0.5) is 11.4 Å². The second-order valence-corrected chi connectivity index (χ2v) is 10.3. The normalized spacial score (nSPS) is 14.1. The molecule has 0 atom stereocenters. The number of amides is 1. The molecule has 0 spiro atoms. The van der Waals surface area contributed by atoms with E-state index in [0.717, 1.165) is 53.4 Å². The molecule has 1 N–H and O–H groups in total. The lowest BCUT2D eigenvalue weighted by Crippen LogP contribution is -2.48. The van der Waals surface area contributed by atoms with E-state index in [2.05, 4.69) is 16.7 Å². The largest absolute Gasteiger partial charge is 0.478 e. The van der Waals surface area contributed by atoms with Gasteiger partial charge in [-0.3, -0.25) is 9.69 Å². The monoisotopic (exact) mass is 545 g/mol. The fourth-order valence-electron chi connectivity index (χ4n) is 5.14. The van der Waals surface area contributed by atoms with Crippen molar-refractivity contribution < 1.29 is 14.7 Å². The van der Waals surface area contributed by atoms with Gasteiger partial charge in [-0.1, -0.05) is 23.7 Å². The first-order valence-corrected chi connectivity index (χ1v) is 13.5. The smallest absolute Gasteiger partial charge is 0.335 e. The molecule has 9 heteroatoms. The van der Waals surface area contributed by atoms with Gasteiger partial charge in [-0.05, 0) is 67.9 Å². The summed E-state index contributed by atoms with van der Waals surface area (Å²) in [5.41, 5.74) is 5.44. The lowest BCUT2D eigenvalue weighted by molar-refractivity contribution is 0.0623. The number of benzene rings is 3. The number of rotatable bonds is 7. The topological polar surface area (TPSA) is 81.9 Å². The van der Waals surface area contributed by atoms with Crippen LogP contribution < -0.4 is 4.90 Å². The molecule has 1 saturated heterocycles. The van der Waals surface area contributed by atoms with E-state index in [1.54, 1.807) is 18.2 Å². The van der Waals surface area contributed by atoms with E-state index in [4.69, 9.17) is 16.6 Å². The molecular formula is C30H32ClN5O3. The van der Waals surface area contributed by atoms with E-state index in [-0.39, 0.29) is 11.5 Å². The van der Waals surface area contributed by atoms with Crippen LogP contribution in [0.25, 0.3) is 11.0 Å². The number of aryl methyl sites for hydroxylation is 2. The second kappa shape index (κ2) is 11.1. The van der Waals surface area contributed by atoms with Gasteiger partial charge >= 0.3 is 5.97 Å². The average Bonchev–Trinajstić information content (AvgIpc) is 3.24. The van der Waals surface area contributed by atoms with Crippen molar-refractivity contribution in [3.63, 3.8) is 0 Å². The first kappa shape index (κ1) is 26.7. The molecule has 0 saturated carbocycles. The fraction of sp³-hybridized carbons (Fsp3) is 0.300. The van der Waals surface area contributed by atoms with Gasteiger partial charge in [-0.15, -0.1) is 0 Å².